The zero-order chi connectivity index (χ0) is 18.4. The number of aromatic nitrogens is 1. The summed E-state index contributed by atoms with van der Waals surface area (Å²) in [6.45, 7) is 1.02. The Morgan fingerprint density at radius 2 is 1.96 bits per heavy atom. The summed E-state index contributed by atoms with van der Waals surface area (Å²) in [6, 6.07) is 9.58. The number of hydrogen-bond donors (Lipinski definition) is 2. The predicted molar refractivity (Wildman–Crippen MR) is 94.9 cm³/mol. The van der Waals surface area contributed by atoms with Gasteiger partial charge in [0, 0.05) is 24.0 Å². The number of nitrogens with one attached hydrogen (secondary N) is 2. The minimum Gasteiger partial charge on any atom is -0.497 e. The van der Waals surface area contributed by atoms with Crippen molar-refractivity contribution < 1.29 is 13.5 Å². The van der Waals surface area contributed by atoms with Crippen LogP contribution in [0, 0.1) is 5.41 Å². The molecule has 0 saturated carbocycles. The molecule has 2 N–H and O–H groups in total. The summed E-state index contributed by atoms with van der Waals surface area (Å²) < 4.78 is 32.1. The Morgan fingerprint density at radius 3 is 2.52 bits per heavy atom. The van der Waals surface area contributed by atoms with E-state index in [0.717, 1.165) is 10.8 Å². The van der Waals surface area contributed by atoms with Crippen LogP contribution >= 0.6 is 0 Å². The second-order valence-corrected chi connectivity index (χ2v) is 5.34. The molecular weight excluding hydrogens is 328 g/mol. The first-order valence-electron chi connectivity index (χ1n) is 7.56. The summed E-state index contributed by atoms with van der Waals surface area (Å²) in [5.74, 6) is 0.622. The third-order valence-corrected chi connectivity index (χ3v) is 3.55. The third-order valence-electron chi connectivity index (χ3n) is 3.55. The molecule has 0 amide bonds. The molecule has 132 valence electrons. The fraction of sp³-hybridized carbons (Fsp3) is 0.222. The number of methoxy groups -OCH3 is 1. The standard InChI is InChI=1S/C18H19F2N3O2/c1-12(9-21)10-22-15-7-8-17(24)23(11-16(19)20)18(15)13-3-5-14(25-2)6-4-13/h3-10,16,21-22H,11H2,1-2H3/b12-10-,21-9?. The zero-order valence-corrected chi connectivity index (χ0v) is 13.9. The SMILES string of the molecule is COc1ccc(-c2c(N/C=C(/C)C=N)ccc(=O)n2CC(F)F)cc1. The van der Waals surface area contributed by atoms with E-state index in [4.69, 9.17) is 10.1 Å². The summed E-state index contributed by atoms with van der Waals surface area (Å²) >= 11 is 0. The molecule has 0 spiro atoms. The highest BCUT2D eigenvalue weighted by molar-refractivity contribution is 5.79. The second-order valence-electron chi connectivity index (χ2n) is 5.34. The molecule has 0 unspecified atom stereocenters. The van der Waals surface area contributed by atoms with Gasteiger partial charge in [-0.25, -0.2) is 8.78 Å². The van der Waals surface area contributed by atoms with Gasteiger partial charge in [-0.1, -0.05) is 0 Å². The minimum absolute atomic E-state index is 0.351. The van der Waals surface area contributed by atoms with Crippen molar-refractivity contribution in [3.63, 3.8) is 0 Å². The molecular formula is C18H19F2N3O2. The van der Waals surface area contributed by atoms with Gasteiger partial charge in [0.05, 0.1) is 25.0 Å². The first-order chi connectivity index (χ1) is 12.0. The number of nitrogens with zero attached hydrogens (tertiary/aromatic N) is 1. The molecule has 7 heteroatoms. The van der Waals surface area contributed by atoms with Crippen LogP contribution in [-0.2, 0) is 6.54 Å². The number of anilines is 1. The van der Waals surface area contributed by atoms with Crippen LogP contribution in [0.25, 0.3) is 11.3 Å². The van der Waals surface area contributed by atoms with Gasteiger partial charge in [0.1, 0.15) is 5.75 Å². The van der Waals surface area contributed by atoms with Crippen molar-refractivity contribution in [3.05, 3.63) is 58.5 Å². The van der Waals surface area contributed by atoms with Crippen LogP contribution in [-0.4, -0.2) is 24.3 Å². The van der Waals surface area contributed by atoms with Crippen LogP contribution in [0.3, 0.4) is 0 Å². The van der Waals surface area contributed by atoms with Gasteiger partial charge < -0.3 is 20.0 Å². The third kappa shape index (κ3) is 4.53. The van der Waals surface area contributed by atoms with Gasteiger partial charge in [-0.3, -0.25) is 4.79 Å². The number of pyridine rings is 1. The van der Waals surface area contributed by atoms with Crippen LogP contribution in [0.4, 0.5) is 14.5 Å². The number of ether oxygens (including phenoxy) is 1. The van der Waals surface area contributed by atoms with Crippen LogP contribution < -0.4 is 15.6 Å². The Kier molecular flexibility index (Phi) is 6.05. The zero-order valence-electron chi connectivity index (χ0n) is 13.9. The van der Waals surface area contributed by atoms with E-state index < -0.39 is 18.5 Å². The Labute approximate surface area is 144 Å². The van der Waals surface area contributed by atoms with Crippen molar-refractivity contribution in [1.29, 1.82) is 5.41 Å². The lowest BCUT2D eigenvalue weighted by Crippen LogP contribution is -2.25. The van der Waals surface area contributed by atoms with Crippen molar-refractivity contribution in [2.45, 2.75) is 19.9 Å². The predicted octanol–water partition coefficient (Wildman–Crippen LogP) is 3.75. The Morgan fingerprint density at radius 1 is 1.28 bits per heavy atom. The van der Waals surface area contributed by atoms with Crippen molar-refractivity contribution in [2.75, 3.05) is 12.4 Å². The van der Waals surface area contributed by atoms with Crippen LogP contribution in [0.2, 0.25) is 0 Å². The van der Waals surface area contributed by atoms with Crippen LogP contribution in [0.15, 0.2) is 53.0 Å². The molecule has 0 aliphatic heterocycles. The highest BCUT2D eigenvalue weighted by atomic mass is 19.3. The van der Waals surface area contributed by atoms with Gasteiger partial charge in [-0.05, 0) is 42.8 Å². The van der Waals surface area contributed by atoms with Crippen LogP contribution in [0.1, 0.15) is 6.92 Å². The van der Waals surface area contributed by atoms with Gasteiger partial charge in [0.2, 0.25) is 0 Å². The minimum atomic E-state index is -2.66. The molecule has 2 rings (SSSR count). The summed E-state index contributed by atoms with van der Waals surface area (Å²) in [5, 5.41) is 10.2. The lowest BCUT2D eigenvalue weighted by atomic mass is 10.1. The smallest absolute Gasteiger partial charge is 0.256 e. The molecule has 0 bridgehead atoms. The molecule has 5 nitrogen and oxygen atoms in total. The maximum atomic E-state index is 13.0. The quantitative estimate of drug-likeness (QED) is 0.750. The highest BCUT2D eigenvalue weighted by Gasteiger charge is 2.15. The number of rotatable bonds is 7. The van der Waals surface area contributed by atoms with Gasteiger partial charge in [0.15, 0.2) is 0 Å². The lowest BCUT2D eigenvalue weighted by Gasteiger charge is -2.17. The number of allylic oxidation sites excluding steroid dienone is 1. The number of hydrogen-bond acceptors (Lipinski definition) is 4. The van der Waals surface area contributed by atoms with E-state index in [1.165, 1.54) is 19.2 Å². The molecule has 0 aliphatic carbocycles. The van der Waals surface area contributed by atoms with Crippen molar-refractivity contribution in [3.8, 4) is 17.0 Å². The Bertz CT molecular complexity index is 827. The molecule has 1 aromatic carbocycles. The maximum Gasteiger partial charge on any atom is 0.256 e. The van der Waals surface area contributed by atoms with Gasteiger partial charge in [-0.2, -0.15) is 0 Å². The lowest BCUT2D eigenvalue weighted by molar-refractivity contribution is 0.126. The largest absolute Gasteiger partial charge is 0.497 e. The molecule has 2 aromatic rings. The molecule has 0 fully saturated rings. The fourth-order valence-corrected chi connectivity index (χ4v) is 2.31. The molecule has 0 saturated heterocycles. The number of benzene rings is 1. The van der Waals surface area contributed by atoms with Crippen molar-refractivity contribution >= 4 is 11.9 Å². The topological polar surface area (TPSA) is 67.1 Å². The summed E-state index contributed by atoms with van der Waals surface area (Å²) in [5.41, 5.74) is 1.58. The van der Waals surface area contributed by atoms with E-state index in [9.17, 15) is 13.6 Å². The normalized spacial score (nSPS) is 11.5. The van der Waals surface area contributed by atoms with E-state index in [1.807, 2.05) is 0 Å². The number of halogens is 2. The van der Waals surface area contributed by atoms with Crippen molar-refractivity contribution in [2.24, 2.45) is 0 Å². The average molecular weight is 347 g/mol. The van der Waals surface area contributed by atoms with Gasteiger partial charge >= 0.3 is 0 Å². The summed E-state index contributed by atoms with van der Waals surface area (Å²) in [7, 11) is 1.53. The van der Waals surface area contributed by atoms with Crippen LogP contribution in [0.5, 0.6) is 5.75 Å². The Hall–Kier alpha value is -2.96. The molecule has 1 heterocycles. The first-order valence-corrected chi connectivity index (χ1v) is 7.56. The monoisotopic (exact) mass is 347 g/mol. The molecule has 1 aromatic heterocycles. The molecule has 0 radical (unpaired) electrons. The fourth-order valence-electron chi connectivity index (χ4n) is 2.31. The molecule has 25 heavy (non-hydrogen) atoms. The summed E-state index contributed by atoms with van der Waals surface area (Å²) in [4.78, 5) is 12.1. The average Bonchev–Trinajstić information content (AvgIpc) is 2.61. The highest BCUT2D eigenvalue weighted by Crippen LogP contribution is 2.29. The van der Waals surface area contributed by atoms with E-state index in [0.29, 0.717) is 28.3 Å². The van der Waals surface area contributed by atoms with Gasteiger partial charge in [0.25, 0.3) is 12.0 Å². The Balaban J connectivity index is 2.62. The number of alkyl halides is 2. The summed E-state index contributed by atoms with van der Waals surface area (Å²) in [6.07, 6.45) is 0.0747. The van der Waals surface area contributed by atoms with E-state index >= 15 is 0 Å². The maximum absolute atomic E-state index is 13.0. The molecule has 0 aliphatic rings. The van der Waals surface area contributed by atoms with Crippen molar-refractivity contribution in [1.82, 2.24) is 4.57 Å². The van der Waals surface area contributed by atoms with Gasteiger partial charge in [-0.15, -0.1) is 0 Å². The van der Waals surface area contributed by atoms with E-state index in [2.05, 4.69) is 5.32 Å². The second kappa shape index (κ2) is 8.23. The van der Waals surface area contributed by atoms with E-state index in [1.54, 1.807) is 37.4 Å². The first kappa shape index (κ1) is 18.4. The van der Waals surface area contributed by atoms with E-state index in [-0.39, 0.29) is 0 Å². The molecule has 0 atom stereocenters.